The van der Waals surface area contributed by atoms with Gasteiger partial charge < -0.3 is 19.5 Å². The summed E-state index contributed by atoms with van der Waals surface area (Å²) in [6.07, 6.45) is 1.63. The Labute approximate surface area is 189 Å². The van der Waals surface area contributed by atoms with Crippen molar-refractivity contribution in [3.05, 3.63) is 64.4 Å². The fraction of sp³-hybridized carbons (Fsp3) is 0.385. The molecular formula is C26H31NO5. The normalized spacial score (nSPS) is 14.4. The van der Waals surface area contributed by atoms with Gasteiger partial charge in [0.1, 0.15) is 12.3 Å². The molecule has 3 rings (SSSR count). The molecule has 170 valence electrons. The van der Waals surface area contributed by atoms with Gasteiger partial charge in [-0.2, -0.15) is 0 Å². The van der Waals surface area contributed by atoms with Gasteiger partial charge in [0.05, 0.1) is 31.3 Å². The number of ketones is 1. The predicted octanol–water partition coefficient (Wildman–Crippen LogP) is 2.86. The summed E-state index contributed by atoms with van der Waals surface area (Å²) in [4.78, 5) is 25.9. The highest BCUT2D eigenvalue weighted by atomic mass is 16.5. The van der Waals surface area contributed by atoms with Crippen LogP contribution in [0.3, 0.4) is 0 Å². The Morgan fingerprint density at radius 3 is 2.25 bits per heavy atom. The van der Waals surface area contributed by atoms with Crippen LogP contribution in [0.15, 0.2) is 42.2 Å². The minimum absolute atomic E-state index is 0.106. The number of carbonyl (C=O) groups is 2. The molecule has 32 heavy (non-hydrogen) atoms. The Bertz CT molecular complexity index is 1010. The van der Waals surface area contributed by atoms with Crippen LogP contribution >= 0.6 is 0 Å². The van der Waals surface area contributed by atoms with E-state index >= 15 is 0 Å². The molecule has 0 atom stereocenters. The molecule has 2 aromatic rings. The Morgan fingerprint density at radius 1 is 1.06 bits per heavy atom. The minimum atomic E-state index is -0.424. The van der Waals surface area contributed by atoms with E-state index in [2.05, 4.69) is 27.7 Å². The monoisotopic (exact) mass is 437 g/mol. The maximum atomic E-state index is 13.0. The van der Waals surface area contributed by atoms with Gasteiger partial charge in [0.15, 0.2) is 5.76 Å². The second-order valence-electron chi connectivity index (χ2n) is 9.10. The summed E-state index contributed by atoms with van der Waals surface area (Å²) in [5.74, 6) is 0.755. The van der Waals surface area contributed by atoms with Crippen LogP contribution in [0.1, 0.15) is 59.5 Å². The lowest BCUT2D eigenvalue weighted by molar-refractivity contribution is -0.919. The van der Waals surface area contributed by atoms with E-state index < -0.39 is 5.97 Å². The van der Waals surface area contributed by atoms with Crippen molar-refractivity contribution in [1.82, 2.24) is 0 Å². The topological polar surface area (TPSA) is 80.1 Å². The van der Waals surface area contributed by atoms with E-state index in [1.54, 1.807) is 36.4 Å². The molecule has 1 heterocycles. The zero-order valence-corrected chi connectivity index (χ0v) is 19.4. The Balaban J connectivity index is 1.89. The highest BCUT2D eigenvalue weighted by Gasteiger charge is 2.31. The molecule has 0 amide bonds. The maximum absolute atomic E-state index is 13.0. The number of ether oxygens (including phenoxy) is 2. The van der Waals surface area contributed by atoms with Gasteiger partial charge in [-0.15, -0.1) is 0 Å². The van der Waals surface area contributed by atoms with E-state index in [1.807, 2.05) is 0 Å². The fourth-order valence-electron chi connectivity index (χ4n) is 4.07. The van der Waals surface area contributed by atoms with Gasteiger partial charge in [-0.25, -0.2) is 4.79 Å². The first-order chi connectivity index (χ1) is 15.2. The first-order valence-electron chi connectivity index (χ1n) is 11.0. The second kappa shape index (κ2) is 10.0. The quantitative estimate of drug-likeness (QED) is 0.507. The molecule has 0 unspecified atom stereocenters. The lowest BCUT2D eigenvalue weighted by Crippen LogP contribution is -3.11. The van der Waals surface area contributed by atoms with Gasteiger partial charge in [0.2, 0.25) is 5.78 Å². The molecule has 1 N–H and O–H groups in total. The molecule has 0 aliphatic carbocycles. The molecule has 0 radical (unpaired) electrons. The van der Waals surface area contributed by atoms with E-state index in [1.165, 1.54) is 18.1 Å². The van der Waals surface area contributed by atoms with Crippen molar-refractivity contribution >= 4 is 17.8 Å². The number of esters is 1. The number of benzene rings is 2. The highest BCUT2D eigenvalue weighted by molar-refractivity contribution is 6.15. The Hall–Kier alpha value is -3.12. The van der Waals surface area contributed by atoms with Gasteiger partial charge in [-0.3, -0.25) is 4.79 Å². The molecule has 0 saturated carbocycles. The molecule has 1 aliphatic rings. The first kappa shape index (κ1) is 23.5. The Kier molecular flexibility index (Phi) is 7.36. The summed E-state index contributed by atoms with van der Waals surface area (Å²) in [7, 11) is 1.33. The number of quaternary nitrogens is 1. The summed E-state index contributed by atoms with van der Waals surface area (Å²) >= 11 is 0. The van der Waals surface area contributed by atoms with E-state index in [-0.39, 0.29) is 17.3 Å². The molecule has 6 nitrogen and oxygen atoms in total. The molecule has 6 heteroatoms. The number of rotatable bonds is 8. The van der Waals surface area contributed by atoms with Gasteiger partial charge in [-0.05, 0) is 29.8 Å². The molecule has 0 bridgehead atoms. The van der Waals surface area contributed by atoms with Crippen LogP contribution in [0.4, 0.5) is 0 Å². The smallest absolute Gasteiger partial charge is 0.337 e. The number of hydrogen-bond acceptors (Lipinski definition) is 5. The molecule has 0 fully saturated rings. The van der Waals surface area contributed by atoms with Crippen LogP contribution in [-0.4, -0.2) is 32.0 Å². The van der Waals surface area contributed by atoms with Crippen molar-refractivity contribution in [1.29, 1.82) is 0 Å². The lowest BCUT2D eigenvalue weighted by atomic mass is 10.0. The van der Waals surface area contributed by atoms with Crippen LogP contribution in [0.2, 0.25) is 0 Å². The third-order valence-electron chi connectivity index (χ3n) is 5.35. The minimum Gasteiger partial charge on any atom is -0.872 e. The van der Waals surface area contributed by atoms with Crippen LogP contribution in [-0.2, 0) is 11.3 Å². The molecule has 1 aliphatic heterocycles. The lowest BCUT2D eigenvalue weighted by Gasteiger charge is -2.26. The van der Waals surface area contributed by atoms with E-state index in [0.717, 1.165) is 13.1 Å². The van der Waals surface area contributed by atoms with Gasteiger partial charge in [0.25, 0.3) is 0 Å². The van der Waals surface area contributed by atoms with E-state index in [4.69, 9.17) is 9.47 Å². The van der Waals surface area contributed by atoms with E-state index in [0.29, 0.717) is 46.4 Å². The molecule has 0 saturated heterocycles. The van der Waals surface area contributed by atoms with Crippen molar-refractivity contribution < 1.29 is 29.1 Å². The summed E-state index contributed by atoms with van der Waals surface area (Å²) in [5.41, 5.74) is 2.11. The zero-order valence-electron chi connectivity index (χ0n) is 19.4. The predicted molar refractivity (Wildman–Crippen MR) is 121 cm³/mol. The summed E-state index contributed by atoms with van der Waals surface area (Å²) in [6.45, 7) is 11.1. The van der Waals surface area contributed by atoms with Crippen molar-refractivity contribution in [3.63, 3.8) is 0 Å². The number of nitrogens with one attached hydrogen (secondary N) is 1. The standard InChI is InChI=1S/C26H31NO5/c1-16(2)13-27(14-17(3)4)15-21-22(28)11-10-20-24(29)23(32-25(20)21)12-18-6-8-19(9-7-18)26(30)31-5/h6-12,16-17,28H,13-15H2,1-5H3/b23-12-. The largest absolute Gasteiger partial charge is 0.872 e. The summed E-state index contributed by atoms with van der Waals surface area (Å²) in [5, 5.41) is 12.7. The second-order valence-corrected chi connectivity index (χ2v) is 9.10. The van der Waals surface area contributed by atoms with Gasteiger partial charge in [0, 0.05) is 17.4 Å². The van der Waals surface area contributed by atoms with E-state index in [9.17, 15) is 14.7 Å². The van der Waals surface area contributed by atoms with Crippen LogP contribution < -0.4 is 14.7 Å². The third kappa shape index (κ3) is 5.37. The molecule has 0 aromatic heterocycles. The van der Waals surface area contributed by atoms with Crippen molar-refractivity contribution in [2.24, 2.45) is 11.8 Å². The zero-order chi connectivity index (χ0) is 23.4. The van der Waals surface area contributed by atoms with Crippen molar-refractivity contribution in [2.45, 2.75) is 34.2 Å². The van der Waals surface area contributed by atoms with Crippen molar-refractivity contribution in [3.8, 4) is 11.5 Å². The number of Topliss-reactive ketones (excluding diaryl/α,β-unsaturated/α-hetero) is 1. The number of allylic oxidation sites excluding steroid dienone is 1. The highest BCUT2D eigenvalue weighted by Crippen LogP contribution is 2.38. The summed E-state index contributed by atoms with van der Waals surface area (Å²) in [6, 6.07) is 9.71. The average molecular weight is 438 g/mol. The molecule has 0 spiro atoms. The maximum Gasteiger partial charge on any atom is 0.337 e. The Morgan fingerprint density at radius 2 is 1.69 bits per heavy atom. The van der Waals surface area contributed by atoms with Crippen LogP contribution in [0.25, 0.3) is 6.08 Å². The SMILES string of the molecule is COC(=O)c1ccc(/C=C2\Oc3c(ccc([O-])c3C[NH+](CC(C)C)CC(C)C)C2=O)cc1. The van der Waals surface area contributed by atoms with Crippen LogP contribution in [0, 0.1) is 11.8 Å². The molecular weight excluding hydrogens is 406 g/mol. The fourth-order valence-corrected chi connectivity index (χ4v) is 4.07. The number of methoxy groups -OCH3 is 1. The number of carbonyl (C=O) groups excluding carboxylic acids is 2. The summed E-state index contributed by atoms with van der Waals surface area (Å²) < 4.78 is 10.7. The van der Waals surface area contributed by atoms with Crippen LogP contribution in [0.5, 0.6) is 11.5 Å². The first-order valence-corrected chi connectivity index (χ1v) is 11.0. The molecule has 2 aromatic carbocycles. The van der Waals surface area contributed by atoms with Gasteiger partial charge >= 0.3 is 5.97 Å². The number of fused-ring (bicyclic) bond motifs is 1. The number of hydrogen-bond donors (Lipinski definition) is 1. The third-order valence-corrected chi connectivity index (χ3v) is 5.35. The van der Waals surface area contributed by atoms with Crippen molar-refractivity contribution in [2.75, 3.05) is 20.2 Å². The van der Waals surface area contributed by atoms with Gasteiger partial charge in [-0.1, -0.05) is 51.6 Å². The average Bonchev–Trinajstić information content (AvgIpc) is 3.04.